The Hall–Kier alpha value is -2.04. The fraction of sp³-hybridized carbons (Fsp3) is 0.214. The highest BCUT2D eigenvalue weighted by atomic mass is 19.4. The predicted molar refractivity (Wildman–Crippen MR) is 65.0 cm³/mol. The topological polar surface area (TPSA) is 37.3 Å². The van der Waals surface area contributed by atoms with Crippen LogP contribution < -0.4 is 0 Å². The van der Waals surface area contributed by atoms with Crippen LogP contribution in [0.15, 0.2) is 36.4 Å². The maximum atomic E-state index is 12.6. The van der Waals surface area contributed by atoms with Crippen molar-refractivity contribution in [2.45, 2.75) is 19.0 Å². The van der Waals surface area contributed by atoms with Crippen LogP contribution in [-0.4, -0.2) is 11.1 Å². The van der Waals surface area contributed by atoms with Crippen molar-refractivity contribution in [2.75, 3.05) is 0 Å². The van der Waals surface area contributed by atoms with E-state index in [1.54, 1.807) is 18.2 Å². The fourth-order valence-electron chi connectivity index (χ4n) is 2.00. The summed E-state index contributed by atoms with van der Waals surface area (Å²) in [6, 6.07) is 8.06. The summed E-state index contributed by atoms with van der Waals surface area (Å²) >= 11 is 0. The quantitative estimate of drug-likeness (QED) is 0.892. The van der Waals surface area contributed by atoms with E-state index in [1.807, 2.05) is 0 Å². The Morgan fingerprint density at radius 1 is 1.21 bits per heavy atom. The van der Waals surface area contributed by atoms with Gasteiger partial charge in [-0.05, 0) is 35.4 Å². The zero-order valence-corrected chi connectivity index (χ0v) is 10.0. The van der Waals surface area contributed by atoms with Crippen LogP contribution in [0.2, 0.25) is 0 Å². The fourth-order valence-corrected chi connectivity index (χ4v) is 2.00. The minimum atomic E-state index is -4.40. The highest BCUT2D eigenvalue weighted by molar-refractivity contribution is 5.91. The van der Waals surface area contributed by atoms with Gasteiger partial charge in [0.1, 0.15) is 0 Å². The van der Waals surface area contributed by atoms with Crippen molar-refractivity contribution >= 4 is 16.7 Å². The monoisotopic (exact) mass is 268 g/mol. The van der Waals surface area contributed by atoms with E-state index in [1.165, 1.54) is 13.0 Å². The maximum Gasteiger partial charge on any atom is 0.416 e. The van der Waals surface area contributed by atoms with E-state index in [2.05, 4.69) is 0 Å². The van der Waals surface area contributed by atoms with Gasteiger partial charge in [-0.25, -0.2) is 0 Å². The summed E-state index contributed by atoms with van der Waals surface area (Å²) in [6.45, 7) is 1.51. The van der Waals surface area contributed by atoms with Crippen LogP contribution in [0.5, 0.6) is 0 Å². The summed E-state index contributed by atoms with van der Waals surface area (Å²) in [6.07, 6.45) is -4.40. The second kappa shape index (κ2) is 4.57. The second-order valence-corrected chi connectivity index (χ2v) is 4.34. The Balaban J connectivity index is 2.62. The number of hydrogen-bond acceptors (Lipinski definition) is 1. The lowest BCUT2D eigenvalue weighted by molar-refractivity contribution is -0.139. The number of carboxylic acid groups (broad SMARTS) is 1. The van der Waals surface area contributed by atoms with E-state index in [4.69, 9.17) is 5.11 Å². The molecular formula is C14H11F3O2. The molecule has 2 aromatic carbocycles. The van der Waals surface area contributed by atoms with E-state index in [-0.39, 0.29) is 0 Å². The van der Waals surface area contributed by atoms with Gasteiger partial charge >= 0.3 is 12.1 Å². The Kier molecular flexibility index (Phi) is 3.22. The Morgan fingerprint density at radius 2 is 1.89 bits per heavy atom. The average Bonchev–Trinajstić information content (AvgIpc) is 2.35. The van der Waals surface area contributed by atoms with Crippen LogP contribution in [0.25, 0.3) is 10.8 Å². The molecule has 0 saturated carbocycles. The lowest BCUT2D eigenvalue weighted by atomic mass is 9.94. The molecule has 1 N–H and O–H groups in total. The highest BCUT2D eigenvalue weighted by Crippen LogP contribution is 2.33. The second-order valence-electron chi connectivity index (χ2n) is 4.34. The summed E-state index contributed by atoms with van der Waals surface area (Å²) < 4.78 is 37.8. The summed E-state index contributed by atoms with van der Waals surface area (Å²) in [5.41, 5.74) is -0.223. The summed E-state index contributed by atoms with van der Waals surface area (Å²) in [4.78, 5) is 11.0. The molecule has 0 fully saturated rings. The van der Waals surface area contributed by atoms with E-state index in [0.717, 1.165) is 12.1 Å². The van der Waals surface area contributed by atoms with Crippen LogP contribution >= 0.6 is 0 Å². The number of benzene rings is 2. The minimum Gasteiger partial charge on any atom is -0.481 e. The third-order valence-electron chi connectivity index (χ3n) is 3.08. The van der Waals surface area contributed by atoms with Gasteiger partial charge in [-0.15, -0.1) is 0 Å². The van der Waals surface area contributed by atoms with E-state index < -0.39 is 23.6 Å². The lowest BCUT2D eigenvalue weighted by Gasteiger charge is -2.12. The summed E-state index contributed by atoms with van der Waals surface area (Å²) in [7, 11) is 0. The normalized spacial score (nSPS) is 13.5. The molecule has 0 aliphatic rings. The van der Waals surface area contributed by atoms with Crippen LogP contribution in [-0.2, 0) is 11.0 Å². The highest BCUT2D eigenvalue weighted by Gasteiger charge is 2.30. The first kappa shape index (κ1) is 13.4. The first-order valence-electron chi connectivity index (χ1n) is 5.63. The van der Waals surface area contributed by atoms with Gasteiger partial charge in [0, 0.05) is 0 Å². The smallest absolute Gasteiger partial charge is 0.416 e. The van der Waals surface area contributed by atoms with E-state index in [0.29, 0.717) is 16.3 Å². The molecule has 19 heavy (non-hydrogen) atoms. The van der Waals surface area contributed by atoms with Crippen LogP contribution in [0, 0.1) is 0 Å². The number of alkyl halides is 3. The third kappa shape index (κ3) is 2.54. The third-order valence-corrected chi connectivity index (χ3v) is 3.08. The van der Waals surface area contributed by atoms with Gasteiger partial charge in [-0.3, -0.25) is 4.79 Å². The van der Waals surface area contributed by atoms with Crippen molar-refractivity contribution in [3.63, 3.8) is 0 Å². The van der Waals surface area contributed by atoms with Crippen LogP contribution in [0.1, 0.15) is 24.0 Å². The maximum absolute atomic E-state index is 12.6. The van der Waals surface area contributed by atoms with Gasteiger partial charge in [-0.1, -0.05) is 24.3 Å². The Morgan fingerprint density at radius 3 is 2.47 bits per heavy atom. The summed E-state index contributed by atoms with van der Waals surface area (Å²) in [5, 5.41) is 9.92. The summed E-state index contributed by atoms with van der Waals surface area (Å²) in [5.74, 6) is -1.77. The van der Waals surface area contributed by atoms with Gasteiger partial charge in [0.2, 0.25) is 0 Å². The van der Waals surface area contributed by atoms with Crippen molar-refractivity contribution in [2.24, 2.45) is 0 Å². The number of fused-ring (bicyclic) bond motifs is 1. The SMILES string of the molecule is CC(C(=O)O)c1cccc2cc(C(F)(F)F)ccc12. The molecule has 0 heterocycles. The molecule has 2 nitrogen and oxygen atoms in total. The van der Waals surface area contributed by atoms with Gasteiger partial charge in [0.05, 0.1) is 11.5 Å². The molecule has 0 bridgehead atoms. The first-order chi connectivity index (χ1) is 8.80. The first-order valence-corrected chi connectivity index (χ1v) is 5.63. The molecule has 0 spiro atoms. The molecule has 100 valence electrons. The number of carboxylic acids is 1. The zero-order chi connectivity index (χ0) is 14.2. The molecule has 0 radical (unpaired) electrons. The molecule has 2 aromatic rings. The number of carbonyl (C=O) groups is 1. The average molecular weight is 268 g/mol. The number of rotatable bonds is 2. The number of aliphatic carboxylic acids is 1. The molecule has 0 aliphatic heterocycles. The molecule has 0 aliphatic carbocycles. The molecule has 0 saturated heterocycles. The molecule has 1 atom stereocenters. The molecule has 0 aromatic heterocycles. The molecular weight excluding hydrogens is 257 g/mol. The Labute approximate surface area is 107 Å². The van der Waals surface area contributed by atoms with Gasteiger partial charge in [0.15, 0.2) is 0 Å². The van der Waals surface area contributed by atoms with E-state index in [9.17, 15) is 18.0 Å². The molecule has 5 heteroatoms. The standard InChI is InChI=1S/C14H11F3O2/c1-8(13(18)19)11-4-2-3-9-7-10(14(15,16)17)5-6-12(9)11/h2-8H,1H3,(H,18,19). The lowest BCUT2D eigenvalue weighted by Crippen LogP contribution is -2.08. The number of hydrogen-bond donors (Lipinski definition) is 1. The Bertz CT molecular complexity index is 632. The van der Waals surface area contributed by atoms with Crippen molar-refractivity contribution < 1.29 is 23.1 Å². The van der Waals surface area contributed by atoms with Gasteiger partial charge < -0.3 is 5.11 Å². The van der Waals surface area contributed by atoms with Crippen molar-refractivity contribution in [1.82, 2.24) is 0 Å². The van der Waals surface area contributed by atoms with Crippen LogP contribution in [0.4, 0.5) is 13.2 Å². The van der Waals surface area contributed by atoms with Crippen LogP contribution in [0.3, 0.4) is 0 Å². The zero-order valence-electron chi connectivity index (χ0n) is 10.0. The van der Waals surface area contributed by atoms with E-state index >= 15 is 0 Å². The predicted octanol–water partition coefficient (Wildman–Crippen LogP) is 4.05. The van der Waals surface area contributed by atoms with Crippen molar-refractivity contribution in [3.05, 3.63) is 47.5 Å². The molecule has 0 amide bonds. The van der Waals surface area contributed by atoms with Crippen molar-refractivity contribution in [1.29, 1.82) is 0 Å². The molecule has 2 rings (SSSR count). The minimum absolute atomic E-state index is 0.389. The number of halogens is 3. The molecule has 1 unspecified atom stereocenters. The van der Waals surface area contributed by atoms with Crippen molar-refractivity contribution in [3.8, 4) is 0 Å². The largest absolute Gasteiger partial charge is 0.481 e. The van der Waals surface area contributed by atoms with Gasteiger partial charge in [0.25, 0.3) is 0 Å². The van der Waals surface area contributed by atoms with Gasteiger partial charge in [-0.2, -0.15) is 13.2 Å².